The fraction of sp³-hybridized carbons (Fsp3) is 0.120. The summed E-state index contributed by atoms with van der Waals surface area (Å²) in [4.78, 5) is 16.4. The summed E-state index contributed by atoms with van der Waals surface area (Å²) >= 11 is 0. The second-order valence-electron chi connectivity index (χ2n) is 7.09. The molecule has 3 aromatic carbocycles. The number of rotatable bonds is 5. The lowest BCUT2D eigenvalue weighted by Crippen LogP contribution is -2.13. The first kappa shape index (κ1) is 19.6. The van der Waals surface area contributed by atoms with Crippen LogP contribution in [0.2, 0.25) is 0 Å². The molecule has 4 nitrogen and oxygen atoms in total. The van der Waals surface area contributed by atoms with Gasteiger partial charge in [-0.25, -0.2) is 9.37 Å². The van der Waals surface area contributed by atoms with Crippen molar-refractivity contribution in [1.29, 1.82) is 0 Å². The Balaban J connectivity index is 1.84. The number of nitrogens with one attached hydrogen (secondary N) is 1. The molecule has 5 heteroatoms. The van der Waals surface area contributed by atoms with Crippen molar-refractivity contribution in [3.8, 4) is 11.4 Å². The highest BCUT2D eigenvalue weighted by Crippen LogP contribution is 2.32. The fourth-order valence-corrected chi connectivity index (χ4v) is 3.57. The van der Waals surface area contributed by atoms with Gasteiger partial charge in [0.2, 0.25) is 5.91 Å². The van der Waals surface area contributed by atoms with Crippen molar-refractivity contribution < 1.29 is 9.18 Å². The van der Waals surface area contributed by atoms with Crippen molar-refractivity contribution in [2.45, 2.75) is 13.0 Å². The maximum Gasteiger partial charge on any atom is 0.243 e. The van der Waals surface area contributed by atoms with Crippen LogP contribution in [-0.4, -0.2) is 22.5 Å². The third-order valence-corrected chi connectivity index (χ3v) is 5.15. The summed E-state index contributed by atoms with van der Waals surface area (Å²) in [7, 11) is 1.60. The van der Waals surface area contributed by atoms with Crippen molar-refractivity contribution in [3.63, 3.8) is 0 Å². The molecule has 0 unspecified atom stereocenters. The number of aromatic nitrogens is 2. The van der Waals surface area contributed by atoms with E-state index in [0.29, 0.717) is 0 Å². The lowest BCUT2D eigenvalue weighted by Gasteiger charge is -2.18. The maximum atomic E-state index is 13.4. The molecule has 4 rings (SSSR count). The van der Waals surface area contributed by atoms with Crippen molar-refractivity contribution in [2.75, 3.05) is 7.05 Å². The van der Waals surface area contributed by atoms with E-state index in [2.05, 4.69) is 16.8 Å². The van der Waals surface area contributed by atoms with E-state index in [1.54, 1.807) is 25.3 Å². The van der Waals surface area contributed by atoms with Crippen LogP contribution in [-0.2, 0) is 4.79 Å². The van der Waals surface area contributed by atoms with Crippen LogP contribution in [0, 0.1) is 5.82 Å². The summed E-state index contributed by atoms with van der Waals surface area (Å²) in [5.41, 5.74) is 4.75. The number of halogens is 1. The van der Waals surface area contributed by atoms with Crippen LogP contribution in [0.3, 0.4) is 0 Å². The largest absolute Gasteiger partial charge is 0.356 e. The average Bonchev–Trinajstić information content (AvgIpc) is 3.17. The van der Waals surface area contributed by atoms with Gasteiger partial charge in [0.15, 0.2) is 0 Å². The minimum absolute atomic E-state index is 0.0435. The van der Waals surface area contributed by atoms with Gasteiger partial charge in [0.25, 0.3) is 0 Å². The van der Waals surface area contributed by atoms with Gasteiger partial charge in [0.1, 0.15) is 11.6 Å². The van der Waals surface area contributed by atoms with Gasteiger partial charge in [-0.1, -0.05) is 42.5 Å². The zero-order valence-electron chi connectivity index (χ0n) is 16.8. The first-order valence-corrected chi connectivity index (χ1v) is 9.79. The number of amides is 1. The van der Waals surface area contributed by atoms with Gasteiger partial charge in [0, 0.05) is 18.7 Å². The van der Waals surface area contributed by atoms with Gasteiger partial charge in [-0.05, 0) is 54.5 Å². The minimum atomic E-state index is -0.253. The monoisotopic (exact) mass is 399 g/mol. The van der Waals surface area contributed by atoms with E-state index in [0.717, 1.165) is 33.5 Å². The SMILES string of the molecule is CNC(=O)/C=C/c1cccc(-c2nc3ccccc3n2[C@H](C)c2ccc(F)cc2)c1. The van der Waals surface area contributed by atoms with Gasteiger partial charge in [-0.3, -0.25) is 4.79 Å². The Labute approximate surface area is 174 Å². The van der Waals surface area contributed by atoms with Crippen LogP contribution in [0.5, 0.6) is 0 Å². The summed E-state index contributed by atoms with van der Waals surface area (Å²) in [5, 5.41) is 2.58. The number of nitrogens with zero attached hydrogens (tertiary/aromatic N) is 2. The molecule has 1 N–H and O–H groups in total. The second-order valence-corrected chi connectivity index (χ2v) is 7.09. The molecule has 1 atom stereocenters. The topological polar surface area (TPSA) is 46.9 Å². The van der Waals surface area contributed by atoms with Crippen LogP contribution >= 0.6 is 0 Å². The highest BCUT2D eigenvalue weighted by atomic mass is 19.1. The highest BCUT2D eigenvalue weighted by Gasteiger charge is 2.18. The predicted molar refractivity (Wildman–Crippen MR) is 118 cm³/mol. The normalized spacial score (nSPS) is 12.4. The van der Waals surface area contributed by atoms with E-state index in [9.17, 15) is 9.18 Å². The van der Waals surface area contributed by atoms with E-state index in [4.69, 9.17) is 4.98 Å². The van der Waals surface area contributed by atoms with Crippen LogP contribution in [0.4, 0.5) is 4.39 Å². The zero-order chi connectivity index (χ0) is 21.1. The number of carbonyl (C=O) groups is 1. The average molecular weight is 399 g/mol. The first-order valence-electron chi connectivity index (χ1n) is 9.79. The summed E-state index contributed by atoms with van der Waals surface area (Å²) in [6.07, 6.45) is 3.28. The molecule has 0 saturated carbocycles. The molecule has 0 aliphatic heterocycles. The fourth-order valence-electron chi connectivity index (χ4n) is 3.57. The Morgan fingerprint density at radius 3 is 2.60 bits per heavy atom. The number of fused-ring (bicyclic) bond motifs is 1. The summed E-state index contributed by atoms with van der Waals surface area (Å²) < 4.78 is 15.6. The Hall–Kier alpha value is -3.73. The molecule has 0 spiro atoms. The van der Waals surface area contributed by atoms with Crippen LogP contribution < -0.4 is 5.32 Å². The van der Waals surface area contributed by atoms with E-state index < -0.39 is 0 Å². The molecular weight excluding hydrogens is 377 g/mol. The number of imidazole rings is 1. The quantitative estimate of drug-likeness (QED) is 0.468. The molecule has 0 aliphatic rings. The van der Waals surface area contributed by atoms with E-state index in [1.807, 2.05) is 48.5 Å². The molecule has 150 valence electrons. The molecule has 1 amide bonds. The number of benzene rings is 3. The van der Waals surface area contributed by atoms with Gasteiger partial charge < -0.3 is 9.88 Å². The first-order chi connectivity index (χ1) is 14.6. The molecular formula is C25H22FN3O. The summed E-state index contributed by atoms with van der Waals surface area (Å²) in [5.74, 6) is 0.415. The molecule has 1 aromatic heterocycles. The number of likely N-dealkylation sites (N-methyl/N-ethyl adjacent to an activating group) is 1. The van der Waals surface area contributed by atoms with Crippen LogP contribution in [0.15, 0.2) is 78.9 Å². The van der Waals surface area contributed by atoms with E-state index in [1.165, 1.54) is 18.2 Å². The third kappa shape index (κ3) is 3.87. The highest BCUT2D eigenvalue weighted by molar-refractivity contribution is 5.91. The number of hydrogen-bond acceptors (Lipinski definition) is 2. The Kier molecular flexibility index (Phi) is 5.44. The number of hydrogen-bond donors (Lipinski definition) is 1. The maximum absolute atomic E-state index is 13.4. The van der Waals surface area contributed by atoms with Gasteiger partial charge in [-0.2, -0.15) is 0 Å². The minimum Gasteiger partial charge on any atom is -0.356 e. The molecule has 0 saturated heterocycles. The van der Waals surface area contributed by atoms with Gasteiger partial charge in [-0.15, -0.1) is 0 Å². The standard InChI is InChI=1S/C25H22FN3O/c1-17(19-11-13-21(26)14-12-19)29-23-9-4-3-8-22(23)28-25(29)20-7-5-6-18(16-20)10-15-24(30)27-2/h3-17H,1-2H3,(H,27,30)/b15-10+/t17-/m1/s1. The molecule has 1 heterocycles. The van der Waals surface area contributed by atoms with Crippen molar-refractivity contribution in [3.05, 3.63) is 95.8 Å². The number of para-hydroxylation sites is 2. The van der Waals surface area contributed by atoms with Gasteiger partial charge >= 0.3 is 0 Å². The van der Waals surface area contributed by atoms with E-state index >= 15 is 0 Å². The second kappa shape index (κ2) is 8.33. The van der Waals surface area contributed by atoms with Crippen molar-refractivity contribution in [1.82, 2.24) is 14.9 Å². The molecule has 0 fully saturated rings. The summed E-state index contributed by atoms with van der Waals surface area (Å²) in [6, 6.07) is 22.4. The van der Waals surface area contributed by atoms with Gasteiger partial charge in [0.05, 0.1) is 17.1 Å². The third-order valence-electron chi connectivity index (χ3n) is 5.15. The van der Waals surface area contributed by atoms with Crippen LogP contribution in [0.1, 0.15) is 24.1 Å². The molecule has 0 bridgehead atoms. The Morgan fingerprint density at radius 2 is 1.83 bits per heavy atom. The summed E-state index contributed by atoms with van der Waals surface area (Å²) in [6.45, 7) is 2.08. The zero-order valence-corrected chi connectivity index (χ0v) is 16.8. The molecule has 30 heavy (non-hydrogen) atoms. The van der Waals surface area contributed by atoms with Crippen molar-refractivity contribution in [2.24, 2.45) is 0 Å². The van der Waals surface area contributed by atoms with Crippen LogP contribution in [0.25, 0.3) is 28.5 Å². The Bertz CT molecular complexity index is 1220. The lowest BCUT2D eigenvalue weighted by atomic mass is 10.1. The molecule has 0 radical (unpaired) electrons. The lowest BCUT2D eigenvalue weighted by molar-refractivity contribution is -0.115. The molecule has 4 aromatic rings. The smallest absolute Gasteiger partial charge is 0.243 e. The van der Waals surface area contributed by atoms with Crippen molar-refractivity contribution >= 4 is 23.0 Å². The van der Waals surface area contributed by atoms with E-state index in [-0.39, 0.29) is 17.8 Å². The number of carbonyl (C=O) groups excluding carboxylic acids is 1. The predicted octanol–water partition coefficient (Wildman–Crippen LogP) is 5.21. The Morgan fingerprint density at radius 1 is 1.07 bits per heavy atom. The molecule has 0 aliphatic carbocycles.